The van der Waals surface area contributed by atoms with Crippen molar-refractivity contribution in [1.29, 1.82) is 0 Å². The molecular formula is C28H39ClN2O3. The topological polar surface area (TPSA) is 75.8 Å². The summed E-state index contributed by atoms with van der Waals surface area (Å²) in [4.78, 5) is 14.7. The Morgan fingerprint density at radius 1 is 1.21 bits per heavy atom. The first kappa shape index (κ1) is 26.7. The quantitative estimate of drug-likeness (QED) is 0.423. The van der Waals surface area contributed by atoms with Crippen LogP contribution in [0.3, 0.4) is 0 Å². The molecule has 0 saturated heterocycles. The predicted molar refractivity (Wildman–Crippen MR) is 139 cm³/mol. The summed E-state index contributed by atoms with van der Waals surface area (Å²) < 4.78 is 5.22. The van der Waals surface area contributed by atoms with Gasteiger partial charge in [-0.05, 0) is 69.1 Å². The van der Waals surface area contributed by atoms with Gasteiger partial charge < -0.3 is 20.5 Å². The van der Waals surface area contributed by atoms with Crippen LogP contribution in [0.2, 0.25) is 5.02 Å². The summed E-state index contributed by atoms with van der Waals surface area (Å²) in [5.74, 6) is 0.114. The molecule has 2 aromatic rings. The van der Waals surface area contributed by atoms with Crippen molar-refractivity contribution in [3.05, 3.63) is 58.6 Å². The van der Waals surface area contributed by atoms with Crippen LogP contribution < -0.4 is 5.73 Å². The van der Waals surface area contributed by atoms with Crippen molar-refractivity contribution in [2.45, 2.75) is 63.5 Å². The molecule has 186 valence electrons. The average Bonchev–Trinajstić information content (AvgIpc) is 3.26. The van der Waals surface area contributed by atoms with Gasteiger partial charge in [-0.1, -0.05) is 53.6 Å². The highest BCUT2D eigenvalue weighted by molar-refractivity contribution is 6.33. The number of nitrogens with two attached hydrogens (primary N) is 1. The molecule has 3 rings (SSSR count). The molecule has 0 heterocycles. The van der Waals surface area contributed by atoms with Crippen LogP contribution in [-0.2, 0) is 15.1 Å². The van der Waals surface area contributed by atoms with Gasteiger partial charge in [-0.3, -0.25) is 4.79 Å². The van der Waals surface area contributed by atoms with Crippen molar-refractivity contribution >= 4 is 17.5 Å². The van der Waals surface area contributed by atoms with E-state index in [-0.39, 0.29) is 17.9 Å². The van der Waals surface area contributed by atoms with E-state index in [9.17, 15) is 9.90 Å². The summed E-state index contributed by atoms with van der Waals surface area (Å²) >= 11 is 6.71. The third-order valence-corrected chi connectivity index (χ3v) is 7.38. The number of methoxy groups -OCH3 is 1. The van der Waals surface area contributed by atoms with E-state index in [2.05, 4.69) is 6.07 Å². The Morgan fingerprint density at radius 2 is 1.97 bits per heavy atom. The van der Waals surface area contributed by atoms with Gasteiger partial charge >= 0.3 is 0 Å². The molecule has 0 spiro atoms. The van der Waals surface area contributed by atoms with Crippen LogP contribution in [0.1, 0.15) is 56.1 Å². The van der Waals surface area contributed by atoms with Crippen molar-refractivity contribution < 1.29 is 14.6 Å². The van der Waals surface area contributed by atoms with E-state index in [0.29, 0.717) is 31.0 Å². The van der Waals surface area contributed by atoms with Crippen LogP contribution >= 0.6 is 11.6 Å². The van der Waals surface area contributed by atoms with Crippen LogP contribution in [0, 0.1) is 12.8 Å². The third-order valence-electron chi connectivity index (χ3n) is 7.07. The van der Waals surface area contributed by atoms with Crippen LogP contribution in [0.15, 0.2) is 42.5 Å². The Labute approximate surface area is 209 Å². The molecule has 3 atom stereocenters. The third kappa shape index (κ3) is 6.60. The number of rotatable bonds is 11. The highest BCUT2D eigenvalue weighted by Crippen LogP contribution is 2.41. The molecule has 1 saturated carbocycles. The number of benzene rings is 2. The van der Waals surface area contributed by atoms with Crippen molar-refractivity contribution in [2.24, 2.45) is 11.7 Å². The first-order chi connectivity index (χ1) is 16.2. The van der Waals surface area contributed by atoms with Crippen molar-refractivity contribution in [2.75, 3.05) is 27.3 Å². The molecule has 1 aliphatic carbocycles. The Kier molecular flexibility index (Phi) is 9.55. The highest BCUT2D eigenvalue weighted by atomic mass is 35.5. The fourth-order valence-electron chi connectivity index (χ4n) is 5.08. The van der Waals surface area contributed by atoms with E-state index in [1.54, 1.807) is 12.0 Å². The van der Waals surface area contributed by atoms with Crippen LogP contribution in [0.5, 0.6) is 0 Å². The zero-order chi connectivity index (χ0) is 24.7. The van der Waals surface area contributed by atoms with Gasteiger partial charge in [0.1, 0.15) is 0 Å². The van der Waals surface area contributed by atoms with Gasteiger partial charge in [-0.2, -0.15) is 0 Å². The number of carbonyl (C=O) groups excluding carboxylic acids is 1. The largest absolute Gasteiger partial charge is 0.385 e. The van der Waals surface area contributed by atoms with Gasteiger partial charge in [-0.25, -0.2) is 0 Å². The second-order valence-corrected chi connectivity index (χ2v) is 10.2. The summed E-state index contributed by atoms with van der Waals surface area (Å²) in [7, 11) is 3.52. The maximum Gasteiger partial charge on any atom is 0.225 e. The zero-order valence-electron chi connectivity index (χ0n) is 20.7. The SMILES string of the molecule is COCCCCC(O)(CCN(C)C(=O)[C@@H]1CC[C@H](N)C1)c1cccc(Cl)c1-c1cccc(C)c1. The van der Waals surface area contributed by atoms with E-state index < -0.39 is 5.60 Å². The number of amides is 1. The monoisotopic (exact) mass is 486 g/mol. The highest BCUT2D eigenvalue weighted by Gasteiger charge is 2.35. The van der Waals surface area contributed by atoms with E-state index >= 15 is 0 Å². The second-order valence-electron chi connectivity index (χ2n) is 9.79. The standard InChI is InChI=1S/C28H39ClN2O3/c1-20-8-6-9-21(18-20)26-24(10-7-11-25(26)29)28(33,14-4-5-17-34-3)15-16-31(2)27(32)22-12-13-23(30)19-22/h6-11,18,22-23,33H,4-5,12-17,19,30H2,1-3H3/t22-,23+,28?/m1/s1. The molecule has 0 radical (unpaired) electrons. The number of hydrogen-bond acceptors (Lipinski definition) is 4. The van der Waals surface area contributed by atoms with E-state index in [1.165, 1.54) is 0 Å². The minimum absolute atomic E-state index is 0.0104. The van der Waals surface area contributed by atoms with Crippen LogP contribution in [0.25, 0.3) is 11.1 Å². The normalized spacial score (nSPS) is 19.7. The summed E-state index contributed by atoms with van der Waals surface area (Å²) in [6, 6.07) is 14.0. The van der Waals surface area contributed by atoms with Gasteiger partial charge in [0.25, 0.3) is 0 Å². The molecule has 0 aromatic heterocycles. The Balaban J connectivity index is 1.88. The number of unbranched alkanes of at least 4 members (excludes halogenated alkanes) is 1. The molecule has 2 aromatic carbocycles. The smallest absolute Gasteiger partial charge is 0.225 e. The fraction of sp³-hybridized carbons (Fsp3) is 0.536. The molecule has 0 aliphatic heterocycles. The number of aliphatic hydroxyl groups is 1. The zero-order valence-corrected chi connectivity index (χ0v) is 21.5. The van der Waals surface area contributed by atoms with E-state index in [4.69, 9.17) is 22.1 Å². The first-order valence-corrected chi connectivity index (χ1v) is 12.7. The molecule has 1 aliphatic rings. The molecule has 0 bridgehead atoms. The predicted octanol–water partition coefficient (Wildman–Crippen LogP) is 5.30. The lowest BCUT2D eigenvalue weighted by Crippen LogP contribution is -2.37. The number of hydrogen-bond donors (Lipinski definition) is 2. The van der Waals surface area contributed by atoms with Gasteiger partial charge in [0.15, 0.2) is 0 Å². The minimum atomic E-state index is -1.13. The Hall–Kier alpha value is -1.92. The minimum Gasteiger partial charge on any atom is -0.385 e. The second kappa shape index (κ2) is 12.2. The van der Waals surface area contributed by atoms with Gasteiger partial charge in [0.2, 0.25) is 5.91 Å². The summed E-state index contributed by atoms with van der Waals surface area (Å²) in [6.45, 7) is 3.16. The lowest BCUT2D eigenvalue weighted by molar-refractivity contribution is -0.134. The van der Waals surface area contributed by atoms with Crippen LogP contribution in [-0.4, -0.2) is 49.3 Å². The summed E-state index contributed by atoms with van der Waals surface area (Å²) in [5.41, 5.74) is 8.69. The maximum atomic E-state index is 13.0. The first-order valence-electron chi connectivity index (χ1n) is 12.3. The van der Waals surface area contributed by atoms with Crippen molar-refractivity contribution in [1.82, 2.24) is 4.90 Å². The Bertz CT molecular complexity index is 966. The molecular weight excluding hydrogens is 448 g/mol. The fourth-order valence-corrected chi connectivity index (χ4v) is 5.36. The number of nitrogens with zero attached hydrogens (tertiary/aromatic N) is 1. The van der Waals surface area contributed by atoms with Crippen molar-refractivity contribution in [3.63, 3.8) is 0 Å². The van der Waals surface area contributed by atoms with E-state index in [1.807, 2.05) is 50.4 Å². The average molecular weight is 487 g/mol. The van der Waals surface area contributed by atoms with Gasteiger partial charge in [0, 0.05) is 49.9 Å². The molecule has 34 heavy (non-hydrogen) atoms. The van der Waals surface area contributed by atoms with E-state index in [0.717, 1.165) is 54.4 Å². The molecule has 6 heteroatoms. The Morgan fingerprint density at radius 3 is 2.65 bits per heavy atom. The lowest BCUT2D eigenvalue weighted by atomic mass is 9.81. The van der Waals surface area contributed by atoms with Crippen LogP contribution in [0.4, 0.5) is 0 Å². The van der Waals surface area contributed by atoms with Gasteiger partial charge in [-0.15, -0.1) is 0 Å². The number of aryl methyl sites for hydroxylation is 1. The summed E-state index contributed by atoms with van der Waals surface area (Å²) in [5, 5.41) is 12.7. The summed E-state index contributed by atoms with van der Waals surface area (Å²) in [6.07, 6.45) is 5.14. The lowest BCUT2D eigenvalue weighted by Gasteiger charge is -2.33. The molecule has 3 N–H and O–H groups in total. The van der Waals surface area contributed by atoms with Gasteiger partial charge in [0.05, 0.1) is 5.60 Å². The maximum absolute atomic E-state index is 13.0. The number of ether oxygens (including phenoxy) is 1. The molecule has 5 nitrogen and oxygen atoms in total. The number of halogens is 1. The molecule has 1 unspecified atom stereocenters. The molecule has 1 amide bonds. The number of carbonyl (C=O) groups is 1. The molecule has 1 fully saturated rings. The van der Waals surface area contributed by atoms with Crippen molar-refractivity contribution in [3.8, 4) is 11.1 Å².